The van der Waals surface area contributed by atoms with Crippen molar-refractivity contribution in [3.63, 3.8) is 0 Å². The van der Waals surface area contributed by atoms with E-state index in [-0.39, 0.29) is 24.0 Å². The quantitative estimate of drug-likeness (QED) is 0.878. The highest BCUT2D eigenvalue weighted by molar-refractivity contribution is 5.96. The second-order valence-corrected chi connectivity index (χ2v) is 6.86. The number of hydrogen-bond acceptors (Lipinski definition) is 4. The van der Waals surface area contributed by atoms with Crippen LogP contribution in [0.5, 0.6) is 5.75 Å². The number of benzene rings is 1. The Morgan fingerprint density at radius 2 is 2.24 bits per heavy atom. The first-order valence-electron chi connectivity index (χ1n) is 8.58. The first-order valence-corrected chi connectivity index (χ1v) is 8.58. The minimum atomic E-state index is -0.244. The lowest BCUT2D eigenvalue weighted by Gasteiger charge is -2.30. The number of aromatic nitrogens is 1. The van der Waals surface area contributed by atoms with Gasteiger partial charge in [-0.05, 0) is 43.2 Å². The van der Waals surface area contributed by atoms with Crippen molar-refractivity contribution < 1.29 is 14.6 Å². The Hall–Kier alpha value is -2.40. The van der Waals surface area contributed by atoms with Crippen LogP contribution >= 0.6 is 0 Å². The van der Waals surface area contributed by atoms with Crippen LogP contribution in [-0.2, 0) is 0 Å². The highest BCUT2D eigenvalue weighted by atomic mass is 16.5. The predicted octanol–water partition coefficient (Wildman–Crippen LogP) is 3.04. The van der Waals surface area contributed by atoms with Gasteiger partial charge < -0.3 is 15.2 Å². The van der Waals surface area contributed by atoms with Crippen molar-refractivity contribution in [3.8, 4) is 17.0 Å². The van der Waals surface area contributed by atoms with Crippen LogP contribution in [0.25, 0.3) is 11.3 Å². The van der Waals surface area contributed by atoms with Crippen molar-refractivity contribution in [2.45, 2.75) is 32.2 Å². The summed E-state index contributed by atoms with van der Waals surface area (Å²) in [5.74, 6) is 0.544. The molecule has 0 radical (unpaired) electrons. The van der Waals surface area contributed by atoms with Gasteiger partial charge in [-0.3, -0.25) is 9.78 Å². The fourth-order valence-electron chi connectivity index (χ4n) is 3.48. The summed E-state index contributed by atoms with van der Waals surface area (Å²) >= 11 is 0. The fraction of sp³-hybridized carbons (Fsp3) is 0.400. The summed E-state index contributed by atoms with van der Waals surface area (Å²) in [4.78, 5) is 17.1. The summed E-state index contributed by atoms with van der Waals surface area (Å²) in [6.45, 7) is 2.11. The Labute approximate surface area is 148 Å². The van der Waals surface area contributed by atoms with E-state index in [1.807, 2.05) is 31.2 Å². The molecule has 1 fully saturated rings. The van der Waals surface area contributed by atoms with Gasteiger partial charge in [-0.2, -0.15) is 0 Å². The third-order valence-corrected chi connectivity index (χ3v) is 5.15. The van der Waals surface area contributed by atoms with Crippen molar-refractivity contribution in [3.05, 3.63) is 48.2 Å². The third kappa shape index (κ3) is 3.51. The van der Waals surface area contributed by atoms with E-state index in [2.05, 4.69) is 10.3 Å². The monoisotopic (exact) mass is 340 g/mol. The van der Waals surface area contributed by atoms with E-state index in [1.165, 1.54) is 0 Å². The fourth-order valence-corrected chi connectivity index (χ4v) is 3.48. The second kappa shape index (κ2) is 7.23. The largest absolute Gasteiger partial charge is 0.496 e. The molecule has 0 bridgehead atoms. The van der Waals surface area contributed by atoms with E-state index >= 15 is 0 Å². The van der Waals surface area contributed by atoms with Crippen LogP contribution < -0.4 is 10.1 Å². The number of carbonyl (C=O) groups is 1. The van der Waals surface area contributed by atoms with E-state index in [0.717, 1.165) is 30.5 Å². The molecule has 0 saturated heterocycles. The van der Waals surface area contributed by atoms with Gasteiger partial charge in [0.2, 0.25) is 0 Å². The van der Waals surface area contributed by atoms with Crippen LogP contribution in [0.15, 0.2) is 42.6 Å². The maximum absolute atomic E-state index is 12.7. The number of ether oxygens (including phenoxy) is 1. The Kier molecular flexibility index (Phi) is 5.04. The molecule has 1 aliphatic rings. The lowest BCUT2D eigenvalue weighted by Crippen LogP contribution is -2.44. The molecule has 2 aromatic rings. The van der Waals surface area contributed by atoms with Gasteiger partial charge in [0.15, 0.2) is 0 Å². The van der Waals surface area contributed by atoms with E-state index in [1.54, 1.807) is 25.4 Å². The molecule has 132 valence electrons. The topological polar surface area (TPSA) is 71.5 Å². The van der Waals surface area contributed by atoms with E-state index in [4.69, 9.17) is 4.74 Å². The summed E-state index contributed by atoms with van der Waals surface area (Å²) in [6.07, 6.45) is 4.55. The van der Waals surface area contributed by atoms with E-state index in [9.17, 15) is 9.90 Å². The first kappa shape index (κ1) is 17.4. The molecule has 2 unspecified atom stereocenters. The van der Waals surface area contributed by atoms with Gasteiger partial charge in [-0.15, -0.1) is 0 Å². The van der Waals surface area contributed by atoms with Crippen LogP contribution in [0.1, 0.15) is 36.5 Å². The number of aliphatic hydroxyl groups excluding tert-OH is 1. The Balaban J connectivity index is 1.86. The van der Waals surface area contributed by atoms with Gasteiger partial charge in [0.25, 0.3) is 5.91 Å². The van der Waals surface area contributed by atoms with Gasteiger partial charge in [-0.1, -0.05) is 19.4 Å². The van der Waals surface area contributed by atoms with Crippen molar-refractivity contribution in [2.24, 2.45) is 5.41 Å². The Morgan fingerprint density at radius 3 is 2.92 bits per heavy atom. The molecule has 1 amide bonds. The average Bonchev–Trinajstić information content (AvgIpc) is 3.03. The molecule has 5 heteroatoms. The van der Waals surface area contributed by atoms with Crippen LogP contribution in [0, 0.1) is 5.41 Å². The van der Waals surface area contributed by atoms with Crippen LogP contribution in [0.3, 0.4) is 0 Å². The molecular weight excluding hydrogens is 316 g/mol. The summed E-state index contributed by atoms with van der Waals surface area (Å²) in [5.41, 5.74) is 1.86. The molecular formula is C20H24N2O3. The highest BCUT2D eigenvalue weighted by Gasteiger charge is 2.39. The zero-order chi connectivity index (χ0) is 17.9. The van der Waals surface area contributed by atoms with Crippen LogP contribution in [0.2, 0.25) is 0 Å². The maximum Gasteiger partial charge on any atom is 0.251 e. The highest BCUT2D eigenvalue weighted by Crippen LogP contribution is 2.37. The maximum atomic E-state index is 12.7. The molecule has 1 aromatic heterocycles. The van der Waals surface area contributed by atoms with Crippen molar-refractivity contribution >= 4 is 5.91 Å². The van der Waals surface area contributed by atoms with Crippen molar-refractivity contribution in [1.82, 2.24) is 10.3 Å². The van der Waals surface area contributed by atoms with Crippen molar-refractivity contribution in [2.75, 3.05) is 13.7 Å². The lowest BCUT2D eigenvalue weighted by molar-refractivity contribution is 0.0830. The lowest BCUT2D eigenvalue weighted by atomic mass is 9.85. The number of methoxy groups -OCH3 is 1. The Morgan fingerprint density at radius 1 is 1.40 bits per heavy atom. The van der Waals surface area contributed by atoms with Gasteiger partial charge in [0.05, 0.1) is 19.4 Å². The number of nitrogens with one attached hydrogen (secondary N) is 1. The molecule has 1 aromatic carbocycles. The first-order chi connectivity index (χ1) is 12.1. The smallest absolute Gasteiger partial charge is 0.251 e. The number of rotatable bonds is 5. The molecule has 1 saturated carbocycles. The Bertz CT molecular complexity index is 748. The standard InChI is InChI=1S/C20H24N2O3/c1-20(13-23)10-5-7-18(20)22-19(24)14-8-9-17(25-2)15(12-14)16-6-3-4-11-21-16/h3-4,6,8-9,11-12,18,23H,5,7,10,13H2,1-2H3,(H,22,24). The molecule has 0 spiro atoms. The van der Waals surface area contributed by atoms with E-state index < -0.39 is 0 Å². The minimum Gasteiger partial charge on any atom is -0.496 e. The summed E-state index contributed by atoms with van der Waals surface area (Å²) in [7, 11) is 1.60. The number of amides is 1. The molecule has 5 nitrogen and oxygen atoms in total. The summed E-state index contributed by atoms with van der Waals surface area (Å²) in [5, 5.41) is 12.8. The molecule has 1 heterocycles. The molecule has 1 aliphatic carbocycles. The molecule has 2 atom stereocenters. The molecule has 3 rings (SSSR count). The average molecular weight is 340 g/mol. The zero-order valence-corrected chi connectivity index (χ0v) is 14.7. The molecule has 25 heavy (non-hydrogen) atoms. The number of aliphatic hydroxyl groups is 1. The molecule has 2 N–H and O–H groups in total. The van der Waals surface area contributed by atoms with Gasteiger partial charge in [0.1, 0.15) is 5.75 Å². The van der Waals surface area contributed by atoms with Gasteiger partial charge in [-0.25, -0.2) is 0 Å². The zero-order valence-electron chi connectivity index (χ0n) is 14.7. The normalized spacial score (nSPS) is 22.6. The second-order valence-electron chi connectivity index (χ2n) is 6.86. The number of hydrogen-bond donors (Lipinski definition) is 2. The third-order valence-electron chi connectivity index (χ3n) is 5.15. The van der Waals surface area contributed by atoms with Gasteiger partial charge >= 0.3 is 0 Å². The SMILES string of the molecule is COc1ccc(C(=O)NC2CCCC2(C)CO)cc1-c1ccccn1. The van der Waals surface area contributed by atoms with Crippen LogP contribution in [-0.4, -0.2) is 35.8 Å². The van der Waals surface area contributed by atoms with Gasteiger partial charge in [0, 0.05) is 28.8 Å². The van der Waals surface area contributed by atoms with E-state index in [0.29, 0.717) is 11.3 Å². The predicted molar refractivity (Wildman–Crippen MR) is 96.5 cm³/mol. The minimum absolute atomic E-state index is 0.00889. The van der Waals surface area contributed by atoms with Crippen molar-refractivity contribution in [1.29, 1.82) is 0 Å². The molecule has 0 aliphatic heterocycles. The van der Waals surface area contributed by atoms with Crippen LogP contribution in [0.4, 0.5) is 0 Å². The number of carbonyl (C=O) groups excluding carboxylic acids is 1. The number of pyridine rings is 1. The number of nitrogens with zero attached hydrogens (tertiary/aromatic N) is 1. The summed E-state index contributed by atoms with van der Waals surface area (Å²) < 4.78 is 5.41. The summed E-state index contributed by atoms with van der Waals surface area (Å²) in [6, 6.07) is 11.0.